The summed E-state index contributed by atoms with van der Waals surface area (Å²) in [5.74, 6) is -0.122. The molecule has 0 bridgehead atoms. The molecule has 1 amide bonds. The van der Waals surface area contributed by atoms with Gasteiger partial charge in [0.05, 0.1) is 6.33 Å². The average molecular weight is 265 g/mol. The van der Waals surface area contributed by atoms with Crippen molar-refractivity contribution in [1.29, 1.82) is 0 Å². The minimum Gasteiger partial charge on any atom is -0.359 e. The van der Waals surface area contributed by atoms with Gasteiger partial charge in [-0.3, -0.25) is 18.7 Å². The number of imidazole rings is 1. The van der Waals surface area contributed by atoms with Crippen molar-refractivity contribution in [1.82, 2.24) is 24.0 Å². The molecule has 2 aromatic rings. The van der Waals surface area contributed by atoms with Crippen LogP contribution in [0.15, 0.2) is 15.9 Å². The summed E-state index contributed by atoms with van der Waals surface area (Å²) in [5, 5.41) is 2.51. The summed E-state index contributed by atoms with van der Waals surface area (Å²) in [6.45, 7) is 0.337. The Morgan fingerprint density at radius 1 is 1.32 bits per heavy atom. The Hall–Kier alpha value is -2.38. The van der Waals surface area contributed by atoms with Crippen LogP contribution in [-0.2, 0) is 25.4 Å². The first-order valence-electron chi connectivity index (χ1n) is 5.78. The number of nitrogens with zero attached hydrogens (tertiary/aromatic N) is 4. The fourth-order valence-electron chi connectivity index (χ4n) is 1.91. The van der Waals surface area contributed by atoms with Gasteiger partial charge >= 0.3 is 5.69 Å². The average Bonchev–Trinajstić information content (AvgIpc) is 2.84. The van der Waals surface area contributed by atoms with Gasteiger partial charge in [-0.2, -0.15) is 0 Å². The van der Waals surface area contributed by atoms with Crippen LogP contribution in [0.2, 0.25) is 0 Å². The molecule has 102 valence electrons. The number of fused-ring (bicyclic) bond motifs is 1. The van der Waals surface area contributed by atoms with E-state index < -0.39 is 11.2 Å². The number of aromatic nitrogens is 4. The molecule has 8 heteroatoms. The zero-order valence-corrected chi connectivity index (χ0v) is 11.0. The second kappa shape index (κ2) is 4.71. The van der Waals surface area contributed by atoms with Crippen LogP contribution in [-0.4, -0.2) is 31.6 Å². The van der Waals surface area contributed by atoms with Crippen molar-refractivity contribution in [2.75, 3.05) is 7.05 Å². The van der Waals surface area contributed by atoms with Gasteiger partial charge in [0, 0.05) is 34.1 Å². The number of aryl methyl sites for hydroxylation is 2. The molecule has 2 heterocycles. The third-order valence-corrected chi connectivity index (χ3v) is 3.08. The lowest BCUT2D eigenvalue weighted by Gasteiger charge is -2.06. The fraction of sp³-hybridized carbons (Fsp3) is 0.455. The topological polar surface area (TPSA) is 90.9 Å². The SMILES string of the molecule is CNC(=O)CCn1cnc2c1c(=O)n(C)c(=O)n2C. The van der Waals surface area contributed by atoms with E-state index in [4.69, 9.17) is 0 Å². The van der Waals surface area contributed by atoms with Crippen LogP contribution in [0.3, 0.4) is 0 Å². The normalized spacial score (nSPS) is 10.9. The molecule has 0 aliphatic carbocycles. The van der Waals surface area contributed by atoms with E-state index in [9.17, 15) is 14.4 Å². The van der Waals surface area contributed by atoms with E-state index in [1.54, 1.807) is 18.7 Å². The highest BCUT2D eigenvalue weighted by Gasteiger charge is 2.14. The van der Waals surface area contributed by atoms with Crippen LogP contribution in [0.5, 0.6) is 0 Å². The van der Waals surface area contributed by atoms with E-state index >= 15 is 0 Å². The highest BCUT2D eigenvalue weighted by molar-refractivity contribution is 5.76. The molecule has 2 rings (SSSR count). The van der Waals surface area contributed by atoms with Gasteiger partial charge < -0.3 is 9.88 Å². The van der Waals surface area contributed by atoms with Crippen molar-refractivity contribution in [3.8, 4) is 0 Å². The molecule has 0 fully saturated rings. The Morgan fingerprint density at radius 3 is 2.63 bits per heavy atom. The van der Waals surface area contributed by atoms with Gasteiger partial charge in [0.25, 0.3) is 5.56 Å². The zero-order chi connectivity index (χ0) is 14.2. The zero-order valence-electron chi connectivity index (χ0n) is 11.0. The second-order valence-corrected chi connectivity index (χ2v) is 4.24. The lowest BCUT2D eigenvalue weighted by Crippen LogP contribution is -2.37. The molecule has 2 aromatic heterocycles. The van der Waals surface area contributed by atoms with Gasteiger partial charge in [-0.25, -0.2) is 9.78 Å². The third kappa shape index (κ3) is 2.05. The smallest absolute Gasteiger partial charge is 0.332 e. The molecule has 0 aliphatic rings. The van der Waals surface area contributed by atoms with Crippen molar-refractivity contribution >= 4 is 17.1 Å². The Bertz CT molecular complexity index is 752. The molecule has 0 saturated carbocycles. The van der Waals surface area contributed by atoms with Crippen molar-refractivity contribution in [3.05, 3.63) is 27.2 Å². The quantitative estimate of drug-likeness (QED) is 0.736. The van der Waals surface area contributed by atoms with E-state index in [0.717, 1.165) is 4.57 Å². The summed E-state index contributed by atoms with van der Waals surface area (Å²) in [6.07, 6.45) is 1.71. The first-order valence-corrected chi connectivity index (χ1v) is 5.78. The summed E-state index contributed by atoms with van der Waals surface area (Å²) in [4.78, 5) is 39.1. The molecule has 0 radical (unpaired) electrons. The Morgan fingerprint density at radius 2 is 2.00 bits per heavy atom. The van der Waals surface area contributed by atoms with Crippen LogP contribution in [0.1, 0.15) is 6.42 Å². The molecule has 8 nitrogen and oxygen atoms in total. The van der Waals surface area contributed by atoms with Gasteiger partial charge in [0.15, 0.2) is 11.2 Å². The maximum atomic E-state index is 12.1. The molecule has 0 aromatic carbocycles. The number of amides is 1. The Kier molecular flexibility index (Phi) is 3.24. The molecule has 0 aliphatic heterocycles. The monoisotopic (exact) mass is 265 g/mol. The Balaban J connectivity index is 2.57. The van der Waals surface area contributed by atoms with Crippen molar-refractivity contribution < 1.29 is 4.79 Å². The van der Waals surface area contributed by atoms with Crippen LogP contribution >= 0.6 is 0 Å². The van der Waals surface area contributed by atoms with Gasteiger partial charge in [0.2, 0.25) is 5.91 Å². The number of carbonyl (C=O) groups is 1. The number of nitrogens with one attached hydrogen (secondary N) is 1. The number of carbonyl (C=O) groups excluding carboxylic acids is 1. The summed E-state index contributed by atoms with van der Waals surface area (Å²) in [5.41, 5.74) is -0.180. The first kappa shape index (κ1) is 13.1. The maximum Gasteiger partial charge on any atom is 0.332 e. The predicted octanol–water partition coefficient (Wildman–Crippen LogP) is -1.43. The van der Waals surface area contributed by atoms with Gasteiger partial charge in [-0.15, -0.1) is 0 Å². The minimum atomic E-state index is -0.422. The lowest BCUT2D eigenvalue weighted by atomic mass is 10.4. The van der Waals surface area contributed by atoms with Gasteiger partial charge in [0.1, 0.15) is 0 Å². The molecule has 0 saturated heterocycles. The van der Waals surface area contributed by atoms with E-state index in [1.807, 2.05) is 0 Å². The van der Waals surface area contributed by atoms with Crippen molar-refractivity contribution in [2.24, 2.45) is 14.1 Å². The summed E-state index contributed by atoms with van der Waals surface area (Å²) in [7, 11) is 4.53. The van der Waals surface area contributed by atoms with Crippen LogP contribution in [0.25, 0.3) is 11.2 Å². The molecular weight excluding hydrogens is 250 g/mol. The third-order valence-electron chi connectivity index (χ3n) is 3.08. The maximum absolute atomic E-state index is 12.1. The van der Waals surface area contributed by atoms with Crippen LogP contribution in [0, 0.1) is 0 Å². The van der Waals surface area contributed by atoms with Gasteiger partial charge in [-0.05, 0) is 0 Å². The molecular formula is C11H15N5O3. The molecule has 0 spiro atoms. The van der Waals surface area contributed by atoms with E-state index in [-0.39, 0.29) is 12.3 Å². The van der Waals surface area contributed by atoms with Gasteiger partial charge in [-0.1, -0.05) is 0 Å². The van der Waals surface area contributed by atoms with E-state index in [0.29, 0.717) is 17.7 Å². The summed E-state index contributed by atoms with van der Waals surface area (Å²) < 4.78 is 3.93. The standard InChI is InChI=1S/C11H15N5O3/c1-12-7(17)4-5-16-6-13-9-8(16)10(18)15(3)11(19)14(9)2/h6H,4-5H2,1-3H3,(H,12,17). The highest BCUT2D eigenvalue weighted by atomic mass is 16.2. The Labute approximate surface area is 108 Å². The molecule has 19 heavy (non-hydrogen) atoms. The fourth-order valence-corrected chi connectivity index (χ4v) is 1.91. The first-order chi connectivity index (χ1) is 8.97. The van der Waals surface area contributed by atoms with Crippen LogP contribution < -0.4 is 16.6 Å². The van der Waals surface area contributed by atoms with Crippen molar-refractivity contribution in [2.45, 2.75) is 13.0 Å². The largest absolute Gasteiger partial charge is 0.359 e. The summed E-state index contributed by atoms with van der Waals surface area (Å²) in [6, 6.07) is 0. The number of hydrogen-bond donors (Lipinski definition) is 1. The minimum absolute atomic E-state index is 0.122. The molecule has 0 atom stereocenters. The number of hydrogen-bond acceptors (Lipinski definition) is 4. The van der Waals surface area contributed by atoms with Crippen molar-refractivity contribution in [3.63, 3.8) is 0 Å². The van der Waals surface area contributed by atoms with E-state index in [2.05, 4.69) is 10.3 Å². The van der Waals surface area contributed by atoms with Crippen LogP contribution in [0.4, 0.5) is 0 Å². The van der Waals surface area contributed by atoms with E-state index in [1.165, 1.54) is 17.9 Å². The predicted molar refractivity (Wildman–Crippen MR) is 68.9 cm³/mol. The molecule has 0 unspecified atom stereocenters. The number of rotatable bonds is 3. The highest BCUT2D eigenvalue weighted by Crippen LogP contribution is 2.05. The molecule has 1 N–H and O–H groups in total. The lowest BCUT2D eigenvalue weighted by molar-refractivity contribution is -0.120. The summed E-state index contributed by atoms with van der Waals surface area (Å²) >= 11 is 0. The second-order valence-electron chi connectivity index (χ2n) is 4.24.